The lowest BCUT2D eigenvalue weighted by atomic mass is 10.1. The molecule has 26 heavy (non-hydrogen) atoms. The summed E-state index contributed by atoms with van der Waals surface area (Å²) in [6.07, 6.45) is 0. The Labute approximate surface area is 148 Å². The summed E-state index contributed by atoms with van der Waals surface area (Å²) in [6.45, 7) is 5.75. The van der Waals surface area contributed by atoms with E-state index < -0.39 is 17.6 Å². The first-order valence-electron chi connectivity index (χ1n) is 7.81. The molecule has 0 atom stereocenters. The fourth-order valence-corrected chi connectivity index (χ4v) is 2.62. The lowest BCUT2D eigenvalue weighted by Crippen LogP contribution is -2.12. The molecule has 3 aromatic rings. The molecule has 0 saturated carbocycles. The third-order valence-corrected chi connectivity index (χ3v) is 3.74. The minimum atomic E-state index is -0.622. The highest BCUT2D eigenvalue weighted by Gasteiger charge is 2.21. The molecule has 0 fully saturated rings. The van der Waals surface area contributed by atoms with Crippen LogP contribution in [0.15, 0.2) is 37.9 Å². The van der Waals surface area contributed by atoms with Gasteiger partial charge in [-0.2, -0.15) is 0 Å². The Morgan fingerprint density at radius 2 is 1.62 bits per heavy atom. The molecule has 7 nitrogen and oxygen atoms in total. The van der Waals surface area contributed by atoms with Gasteiger partial charge in [0.15, 0.2) is 11.5 Å². The van der Waals surface area contributed by atoms with Crippen LogP contribution in [0.25, 0.3) is 22.5 Å². The van der Waals surface area contributed by atoms with Gasteiger partial charge in [-0.3, -0.25) is 9.59 Å². The highest BCUT2D eigenvalue weighted by Crippen LogP contribution is 2.35. The Bertz CT molecular complexity index is 1090. The molecule has 2 heterocycles. The summed E-state index contributed by atoms with van der Waals surface area (Å²) in [6, 6.07) is 6.53. The van der Waals surface area contributed by atoms with Crippen molar-refractivity contribution >= 4 is 22.9 Å². The van der Waals surface area contributed by atoms with Crippen LogP contribution in [-0.4, -0.2) is 11.9 Å². The van der Waals surface area contributed by atoms with Crippen LogP contribution in [-0.2, 0) is 9.59 Å². The second-order valence-corrected chi connectivity index (χ2v) is 5.80. The average molecular weight is 356 g/mol. The van der Waals surface area contributed by atoms with Crippen molar-refractivity contribution in [3.05, 3.63) is 45.8 Å². The van der Waals surface area contributed by atoms with Gasteiger partial charge in [-0.25, -0.2) is 4.79 Å². The lowest BCUT2D eigenvalue weighted by molar-refractivity contribution is -0.132. The summed E-state index contributed by atoms with van der Waals surface area (Å²) >= 11 is 0. The number of fused-ring (bicyclic) bond motifs is 1. The summed E-state index contributed by atoms with van der Waals surface area (Å²) in [5.74, 6) is 0.0257. The molecule has 0 amide bonds. The predicted molar refractivity (Wildman–Crippen MR) is 92.3 cm³/mol. The van der Waals surface area contributed by atoms with Crippen LogP contribution in [0.2, 0.25) is 0 Å². The number of carbonyl (C=O) groups is 2. The number of esters is 2. The minimum absolute atomic E-state index is 0.157. The summed E-state index contributed by atoms with van der Waals surface area (Å²) < 4.78 is 21.3. The summed E-state index contributed by atoms with van der Waals surface area (Å²) in [5.41, 5.74) is 0.571. The zero-order valence-corrected chi connectivity index (χ0v) is 14.7. The van der Waals surface area contributed by atoms with Gasteiger partial charge in [0, 0.05) is 24.8 Å². The number of hydrogen-bond acceptors (Lipinski definition) is 7. The van der Waals surface area contributed by atoms with Gasteiger partial charge in [0.25, 0.3) is 0 Å². The van der Waals surface area contributed by atoms with Gasteiger partial charge >= 0.3 is 17.6 Å². The third-order valence-electron chi connectivity index (χ3n) is 3.74. The zero-order valence-electron chi connectivity index (χ0n) is 14.7. The molecule has 2 aromatic heterocycles. The van der Waals surface area contributed by atoms with Crippen molar-refractivity contribution in [2.45, 2.75) is 27.7 Å². The van der Waals surface area contributed by atoms with E-state index in [1.54, 1.807) is 31.2 Å². The molecular weight excluding hydrogens is 340 g/mol. The van der Waals surface area contributed by atoms with Gasteiger partial charge in [0.05, 0.1) is 5.56 Å². The van der Waals surface area contributed by atoms with Crippen molar-refractivity contribution in [3.63, 3.8) is 0 Å². The Hall–Kier alpha value is -3.35. The number of ether oxygens (including phenoxy) is 2. The van der Waals surface area contributed by atoms with Gasteiger partial charge in [0.1, 0.15) is 17.1 Å². The maximum absolute atomic E-state index is 12.1. The van der Waals surface area contributed by atoms with Crippen molar-refractivity contribution < 1.29 is 27.9 Å². The van der Waals surface area contributed by atoms with E-state index in [2.05, 4.69) is 0 Å². The lowest BCUT2D eigenvalue weighted by Gasteiger charge is -2.10. The van der Waals surface area contributed by atoms with Gasteiger partial charge in [0.2, 0.25) is 0 Å². The summed E-state index contributed by atoms with van der Waals surface area (Å²) in [4.78, 5) is 34.5. The molecule has 7 heteroatoms. The standard InChI is InChI=1S/C19H16O7/c1-9-17(24-12(4)21)10(2)19(22)26-18(9)16-8-13-7-14(23-11(3)20)5-6-15(13)25-16/h5-8H,1-4H3. The van der Waals surface area contributed by atoms with Gasteiger partial charge < -0.3 is 18.3 Å². The van der Waals surface area contributed by atoms with Crippen molar-refractivity contribution in [2.75, 3.05) is 0 Å². The van der Waals surface area contributed by atoms with Crippen LogP contribution < -0.4 is 15.1 Å². The Morgan fingerprint density at radius 1 is 0.923 bits per heavy atom. The average Bonchev–Trinajstić information content (AvgIpc) is 2.97. The number of benzene rings is 1. The maximum Gasteiger partial charge on any atom is 0.343 e. The topological polar surface area (TPSA) is 96.0 Å². The van der Waals surface area contributed by atoms with Crippen LogP contribution in [0.5, 0.6) is 11.5 Å². The van der Waals surface area contributed by atoms with Crippen molar-refractivity contribution in [2.24, 2.45) is 0 Å². The fourth-order valence-electron chi connectivity index (χ4n) is 2.62. The largest absolute Gasteiger partial charge is 0.453 e. The molecule has 0 saturated heterocycles. The van der Waals surface area contributed by atoms with Crippen molar-refractivity contribution in [1.29, 1.82) is 0 Å². The minimum Gasteiger partial charge on any atom is -0.453 e. The maximum atomic E-state index is 12.1. The first-order valence-corrected chi connectivity index (χ1v) is 7.81. The monoisotopic (exact) mass is 356 g/mol. The number of carbonyl (C=O) groups excluding carboxylic acids is 2. The summed E-state index contributed by atoms with van der Waals surface area (Å²) in [5, 5.41) is 0.662. The molecule has 0 unspecified atom stereocenters. The van der Waals surface area contributed by atoms with E-state index in [1.807, 2.05) is 0 Å². The van der Waals surface area contributed by atoms with Crippen LogP contribution in [0.1, 0.15) is 25.0 Å². The first kappa shape index (κ1) is 17.5. The third kappa shape index (κ3) is 3.23. The normalized spacial score (nSPS) is 10.8. The van der Waals surface area contributed by atoms with E-state index in [0.29, 0.717) is 28.0 Å². The molecule has 134 valence electrons. The van der Waals surface area contributed by atoms with Gasteiger partial charge in [-0.15, -0.1) is 0 Å². The zero-order chi connectivity index (χ0) is 19.0. The smallest absolute Gasteiger partial charge is 0.343 e. The van der Waals surface area contributed by atoms with E-state index in [1.165, 1.54) is 20.8 Å². The van der Waals surface area contributed by atoms with Crippen molar-refractivity contribution in [1.82, 2.24) is 0 Å². The SMILES string of the molecule is CC(=O)Oc1ccc2oc(-c3oc(=O)c(C)c(OC(C)=O)c3C)cc2c1. The molecule has 0 aliphatic rings. The fraction of sp³-hybridized carbons (Fsp3) is 0.211. The second kappa shape index (κ2) is 6.51. The number of rotatable bonds is 3. The molecule has 0 radical (unpaired) electrons. The number of furan rings is 1. The van der Waals surface area contributed by atoms with E-state index in [4.69, 9.17) is 18.3 Å². The Kier molecular flexibility index (Phi) is 4.38. The molecule has 0 spiro atoms. The molecule has 0 bridgehead atoms. The Morgan fingerprint density at radius 3 is 2.27 bits per heavy atom. The van der Waals surface area contributed by atoms with E-state index in [9.17, 15) is 14.4 Å². The van der Waals surface area contributed by atoms with E-state index in [-0.39, 0.29) is 17.1 Å². The Balaban J connectivity index is 2.14. The highest BCUT2D eigenvalue weighted by atomic mass is 16.5. The molecule has 0 N–H and O–H groups in total. The van der Waals surface area contributed by atoms with E-state index in [0.717, 1.165) is 0 Å². The molecule has 0 aliphatic heterocycles. The second-order valence-electron chi connectivity index (χ2n) is 5.80. The molecule has 3 rings (SSSR count). The summed E-state index contributed by atoms with van der Waals surface area (Å²) in [7, 11) is 0. The van der Waals surface area contributed by atoms with Crippen LogP contribution in [0.3, 0.4) is 0 Å². The number of hydrogen-bond donors (Lipinski definition) is 0. The van der Waals surface area contributed by atoms with Crippen LogP contribution >= 0.6 is 0 Å². The molecular formula is C19H16O7. The quantitative estimate of drug-likeness (QED) is 0.523. The first-order chi connectivity index (χ1) is 12.3. The molecule has 0 aliphatic carbocycles. The van der Waals surface area contributed by atoms with Crippen molar-refractivity contribution in [3.8, 4) is 23.0 Å². The van der Waals surface area contributed by atoms with E-state index >= 15 is 0 Å². The highest BCUT2D eigenvalue weighted by molar-refractivity contribution is 5.85. The van der Waals surface area contributed by atoms with Crippen LogP contribution in [0, 0.1) is 13.8 Å². The predicted octanol–water partition coefficient (Wildman–Crippen LogP) is 3.52. The van der Waals surface area contributed by atoms with Gasteiger partial charge in [-0.05, 0) is 38.1 Å². The van der Waals surface area contributed by atoms with Gasteiger partial charge in [-0.1, -0.05) is 0 Å². The molecule has 1 aromatic carbocycles. The van der Waals surface area contributed by atoms with Crippen LogP contribution in [0.4, 0.5) is 0 Å².